The highest BCUT2D eigenvalue weighted by molar-refractivity contribution is 7.99. The third kappa shape index (κ3) is 4.32. The minimum atomic E-state index is -0.249. The SMILES string of the molecule is CCOC(=O)CSc1nnc(Cc2ccccc2)n1-c1ccccc1C. The van der Waals surface area contributed by atoms with Crippen molar-refractivity contribution in [1.82, 2.24) is 14.8 Å². The molecule has 0 radical (unpaired) electrons. The summed E-state index contributed by atoms with van der Waals surface area (Å²) in [6, 6.07) is 18.3. The monoisotopic (exact) mass is 367 g/mol. The fourth-order valence-corrected chi connectivity index (χ4v) is 3.43. The lowest BCUT2D eigenvalue weighted by molar-refractivity contribution is -0.139. The molecule has 0 aliphatic carbocycles. The number of carbonyl (C=O) groups is 1. The maximum absolute atomic E-state index is 11.7. The summed E-state index contributed by atoms with van der Waals surface area (Å²) in [5.74, 6) is 0.807. The number of ether oxygens (including phenoxy) is 1. The van der Waals surface area contributed by atoms with Crippen LogP contribution in [0.3, 0.4) is 0 Å². The highest BCUT2D eigenvalue weighted by atomic mass is 32.2. The number of aromatic nitrogens is 3. The number of rotatable bonds is 7. The van der Waals surface area contributed by atoms with Gasteiger partial charge in [-0.05, 0) is 31.0 Å². The molecule has 0 unspecified atom stereocenters. The molecule has 0 N–H and O–H groups in total. The predicted octanol–water partition coefficient (Wildman–Crippen LogP) is 3.82. The minimum Gasteiger partial charge on any atom is -0.465 e. The van der Waals surface area contributed by atoms with E-state index >= 15 is 0 Å². The average Bonchev–Trinajstić information content (AvgIpc) is 3.04. The second-order valence-corrected chi connectivity index (χ2v) is 6.72. The van der Waals surface area contributed by atoms with Crippen LogP contribution in [0.2, 0.25) is 0 Å². The van der Waals surface area contributed by atoms with Gasteiger partial charge in [0.25, 0.3) is 0 Å². The van der Waals surface area contributed by atoms with Gasteiger partial charge in [0.05, 0.1) is 18.0 Å². The molecule has 1 heterocycles. The van der Waals surface area contributed by atoms with Crippen LogP contribution < -0.4 is 0 Å². The van der Waals surface area contributed by atoms with Crippen molar-refractivity contribution >= 4 is 17.7 Å². The molecule has 0 saturated carbocycles. The molecule has 6 heteroatoms. The highest BCUT2D eigenvalue weighted by Gasteiger charge is 2.17. The topological polar surface area (TPSA) is 57.0 Å². The molecule has 3 aromatic rings. The molecule has 0 bridgehead atoms. The molecule has 5 nitrogen and oxygen atoms in total. The second kappa shape index (κ2) is 8.67. The van der Waals surface area contributed by atoms with Crippen LogP contribution in [0.25, 0.3) is 5.69 Å². The fourth-order valence-electron chi connectivity index (χ4n) is 2.67. The van der Waals surface area contributed by atoms with E-state index in [1.165, 1.54) is 11.8 Å². The lowest BCUT2D eigenvalue weighted by Crippen LogP contribution is -2.09. The first-order valence-electron chi connectivity index (χ1n) is 8.51. The van der Waals surface area contributed by atoms with Crippen LogP contribution in [-0.2, 0) is 16.0 Å². The number of nitrogens with zero attached hydrogens (tertiary/aromatic N) is 3. The van der Waals surface area contributed by atoms with Crippen LogP contribution >= 0.6 is 11.8 Å². The van der Waals surface area contributed by atoms with Crippen LogP contribution in [0, 0.1) is 6.92 Å². The second-order valence-electron chi connectivity index (χ2n) is 5.78. The minimum absolute atomic E-state index is 0.211. The molecule has 0 fully saturated rings. The van der Waals surface area contributed by atoms with Crippen LogP contribution in [0.15, 0.2) is 59.8 Å². The van der Waals surface area contributed by atoms with Crippen molar-refractivity contribution in [2.75, 3.05) is 12.4 Å². The van der Waals surface area contributed by atoms with Crippen LogP contribution in [0.4, 0.5) is 0 Å². The van der Waals surface area contributed by atoms with Crippen LogP contribution in [0.1, 0.15) is 23.9 Å². The first-order valence-corrected chi connectivity index (χ1v) is 9.50. The van der Waals surface area contributed by atoms with Crippen LogP contribution in [0.5, 0.6) is 0 Å². The summed E-state index contributed by atoms with van der Waals surface area (Å²) in [5.41, 5.74) is 3.31. The van der Waals surface area contributed by atoms with Crippen LogP contribution in [-0.4, -0.2) is 33.1 Å². The van der Waals surface area contributed by atoms with Crippen molar-refractivity contribution in [3.63, 3.8) is 0 Å². The van der Waals surface area contributed by atoms with Crippen molar-refractivity contribution in [3.05, 3.63) is 71.5 Å². The zero-order valence-corrected chi connectivity index (χ0v) is 15.7. The number of hydrogen-bond acceptors (Lipinski definition) is 5. The van der Waals surface area contributed by atoms with Crippen molar-refractivity contribution in [2.24, 2.45) is 0 Å². The molecule has 1 aromatic heterocycles. The Morgan fingerprint density at radius 3 is 2.54 bits per heavy atom. The van der Waals surface area contributed by atoms with Gasteiger partial charge in [0.15, 0.2) is 5.16 Å². The summed E-state index contributed by atoms with van der Waals surface area (Å²) in [4.78, 5) is 11.7. The number of aryl methyl sites for hydroxylation is 1. The number of thioether (sulfide) groups is 1. The van der Waals surface area contributed by atoms with Gasteiger partial charge in [0.1, 0.15) is 5.82 Å². The molecule has 0 amide bonds. The normalized spacial score (nSPS) is 10.7. The van der Waals surface area contributed by atoms with E-state index in [1.54, 1.807) is 6.92 Å². The van der Waals surface area contributed by atoms with E-state index < -0.39 is 0 Å². The molecular formula is C20H21N3O2S. The lowest BCUT2D eigenvalue weighted by atomic mass is 10.1. The van der Waals surface area contributed by atoms with Gasteiger partial charge < -0.3 is 4.74 Å². The first kappa shape index (κ1) is 18.2. The fraction of sp³-hybridized carbons (Fsp3) is 0.250. The number of carbonyl (C=O) groups excluding carboxylic acids is 1. The maximum atomic E-state index is 11.7. The summed E-state index contributed by atoms with van der Waals surface area (Å²) in [7, 11) is 0. The van der Waals surface area contributed by atoms with Gasteiger partial charge in [-0.25, -0.2) is 0 Å². The van der Waals surface area contributed by atoms with Crippen molar-refractivity contribution in [2.45, 2.75) is 25.4 Å². The zero-order valence-electron chi connectivity index (χ0n) is 14.9. The summed E-state index contributed by atoms with van der Waals surface area (Å²) in [6.45, 7) is 4.24. The Labute approximate surface area is 157 Å². The Morgan fingerprint density at radius 2 is 1.81 bits per heavy atom. The molecule has 0 aliphatic rings. The Kier molecular flexibility index (Phi) is 6.07. The van der Waals surface area contributed by atoms with E-state index in [9.17, 15) is 4.79 Å². The van der Waals surface area contributed by atoms with Gasteiger partial charge in [-0.15, -0.1) is 10.2 Å². The molecule has 0 saturated heterocycles. The lowest BCUT2D eigenvalue weighted by Gasteiger charge is -2.12. The third-order valence-electron chi connectivity index (χ3n) is 3.89. The average molecular weight is 367 g/mol. The molecule has 134 valence electrons. The molecule has 0 spiro atoms. The Balaban J connectivity index is 1.94. The largest absolute Gasteiger partial charge is 0.465 e. The summed E-state index contributed by atoms with van der Waals surface area (Å²) < 4.78 is 7.05. The molecule has 0 atom stereocenters. The van der Waals surface area contributed by atoms with E-state index in [4.69, 9.17) is 4.74 Å². The van der Waals surface area contributed by atoms with E-state index in [2.05, 4.69) is 35.3 Å². The van der Waals surface area contributed by atoms with Crippen molar-refractivity contribution in [3.8, 4) is 5.69 Å². The molecule has 3 rings (SSSR count). The quantitative estimate of drug-likeness (QED) is 0.469. The summed E-state index contributed by atoms with van der Waals surface area (Å²) in [6.07, 6.45) is 0.669. The smallest absolute Gasteiger partial charge is 0.316 e. The van der Waals surface area contributed by atoms with Crippen molar-refractivity contribution in [1.29, 1.82) is 0 Å². The van der Waals surface area contributed by atoms with Crippen molar-refractivity contribution < 1.29 is 9.53 Å². The first-order chi connectivity index (χ1) is 12.7. The standard InChI is InChI=1S/C20H21N3O2S/c1-3-25-19(24)14-26-20-22-21-18(13-16-10-5-4-6-11-16)23(20)17-12-8-7-9-15(17)2/h4-12H,3,13-14H2,1-2H3. The highest BCUT2D eigenvalue weighted by Crippen LogP contribution is 2.25. The molecule has 2 aromatic carbocycles. The van der Waals surface area contributed by atoms with E-state index in [0.717, 1.165) is 22.6 Å². The molecule has 26 heavy (non-hydrogen) atoms. The number of esters is 1. The Morgan fingerprint density at radius 1 is 1.08 bits per heavy atom. The van der Waals surface area contributed by atoms with Gasteiger partial charge in [0, 0.05) is 6.42 Å². The molecule has 0 aliphatic heterocycles. The third-order valence-corrected chi connectivity index (χ3v) is 4.79. The number of hydrogen-bond donors (Lipinski definition) is 0. The van der Waals surface area contributed by atoms with E-state index in [0.29, 0.717) is 18.2 Å². The predicted molar refractivity (Wildman–Crippen MR) is 103 cm³/mol. The molecular weight excluding hydrogens is 346 g/mol. The van der Waals surface area contributed by atoms with Gasteiger partial charge in [-0.2, -0.15) is 0 Å². The zero-order chi connectivity index (χ0) is 18.4. The van der Waals surface area contributed by atoms with E-state index in [1.807, 2.05) is 41.0 Å². The van der Waals surface area contributed by atoms with Gasteiger partial charge in [-0.3, -0.25) is 9.36 Å². The number of para-hydroxylation sites is 1. The van der Waals surface area contributed by atoms with Gasteiger partial charge >= 0.3 is 5.97 Å². The van der Waals surface area contributed by atoms with Gasteiger partial charge in [0.2, 0.25) is 0 Å². The van der Waals surface area contributed by atoms with Gasteiger partial charge in [-0.1, -0.05) is 60.3 Å². The Hall–Kier alpha value is -2.60. The Bertz CT molecular complexity index is 878. The van der Waals surface area contributed by atoms with E-state index in [-0.39, 0.29) is 11.7 Å². The maximum Gasteiger partial charge on any atom is 0.316 e. The number of benzene rings is 2. The summed E-state index contributed by atoms with van der Waals surface area (Å²) in [5, 5.41) is 9.42. The summed E-state index contributed by atoms with van der Waals surface area (Å²) >= 11 is 1.34.